The van der Waals surface area contributed by atoms with Crippen LogP contribution < -0.4 is 22.9 Å². The summed E-state index contributed by atoms with van der Waals surface area (Å²) in [5.74, 6) is -26.0. The maximum absolute atomic E-state index is 14.6. The number of amides is 4. The zero-order valence-electron chi connectivity index (χ0n) is 62.7. The van der Waals surface area contributed by atoms with Gasteiger partial charge in [-0.3, -0.25) is 38.8 Å². The summed E-state index contributed by atoms with van der Waals surface area (Å²) in [6.07, 6.45) is -0.364. The van der Waals surface area contributed by atoms with E-state index < -0.39 is 139 Å². The average Bonchev–Trinajstić information content (AvgIpc) is 0.749. The van der Waals surface area contributed by atoms with Crippen molar-refractivity contribution in [1.29, 1.82) is 0 Å². The van der Waals surface area contributed by atoms with Crippen LogP contribution in [0.4, 0.5) is 70.2 Å². The summed E-state index contributed by atoms with van der Waals surface area (Å²) in [7, 11) is 5.68. The minimum absolute atomic E-state index is 0.0173. The Hall–Kier alpha value is -11.6. The van der Waals surface area contributed by atoms with E-state index in [4.69, 9.17) is 22.9 Å². The van der Waals surface area contributed by atoms with E-state index in [-0.39, 0.29) is 75.1 Å². The number of benzene rings is 8. The summed E-state index contributed by atoms with van der Waals surface area (Å²) < 4.78 is 221. The molecular weight excluding hydrogens is 1510 g/mol. The van der Waals surface area contributed by atoms with Gasteiger partial charge >= 0.3 is 0 Å². The van der Waals surface area contributed by atoms with E-state index in [0.29, 0.717) is 46.5 Å². The molecule has 0 unspecified atom stereocenters. The van der Waals surface area contributed by atoms with Crippen molar-refractivity contribution in [3.05, 3.63) is 283 Å². The van der Waals surface area contributed by atoms with Crippen LogP contribution >= 0.6 is 0 Å². The first-order valence-corrected chi connectivity index (χ1v) is 34.6. The van der Waals surface area contributed by atoms with E-state index in [0.717, 1.165) is 59.7 Å². The molecule has 4 amide bonds. The van der Waals surface area contributed by atoms with Crippen molar-refractivity contribution in [1.82, 2.24) is 19.6 Å². The van der Waals surface area contributed by atoms with Crippen molar-refractivity contribution in [3.8, 4) is 0 Å². The number of alkyl halides is 8. The van der Waals surface area contributed by atoms with Crippen molar-refractivity contribution >= 4 is 47.5 Å². The van der Waals surface area contributed by atoms with Crippen LogP contribution in [0.25, 0.3) is 0 Å². The van der Waals surface area contributed by atoms with Crippen LogP contribution in [0.1, 0.15) is 152 Å². The third kappa shape index (κ3) is 17.0. The maximum atomic E-state index is 14.6. The summed E-state index contributed by atoms with van der Waals surface area (Å²) >= 11 is 0. The number of nitrogens with zero attached hydrogens (tertiary/aromatic N) is 8. The van der Waals surface area contributed by atoms with Crippen molar-refractivity contribution in [2.75, 3.05) is 28.2 Å². The molecule has 4 aliphatic rings. The zero-order valence-corrected chi connectivity index (χ0v) is 62.7. The minimum Gasteiger partial charge on any atom is -0.369 e. The Labute approximate surface area is 639 Å². The van der Waals surface area contributed by atoms with Gasteiger partial charge < -0.3 is 22.9 Å². The van der Waals surface area contributed by atoms with Crippen LogP contribution in [-0.4, -0.2) is 95.3 Å². The Bertz CT molecular complexity index is 5050. The fourth-order valence-corrected chi connectivity index (χ4v) is 14.1. The highest BCUT2D eigenvalue weighted by Crippen LogP contribution is 2.51. The van der Waals surface area contributed by atoms with Crippen LogP contribution in [-0.2, 0) is 65.0 Å². The molecule has 0 fully saturated rings. The Morgan fingerprint density at radius 2 is 0.584 bits per heavy atom. The molecule has 8 aromatic carbocycles. The van der Waals surface area contributed by atoms with E-state index in [9.17, 15) is 89.4 Å². The van der Waals surface area contributed by atoms with Crippen molar-refractivity contribution < 1.29 is 89.4 Å². The van der Waals surface area contributed by atoms with Gasteiger partial charge in [0.25, 0.3) is 23.7 Å². The number of hydrogen-bond acceptors (Lipinski definition) is 12. The predicted molar refractivity (Wildman–Crippen MR) is 392 cm³/mol. The summed E-state index contributed by atoms with van der Waals surface area (Å²) in [6, 6.07) is 33.5. The fraction of sp³-hybridized carbons (Fsp3) is 0.309. The smallest absolute Gasteiger partial charge is 0.273 e. The van der Waals surface area contributed by atoms with Gasteiger partial charge in [0.15, 0.2) is 23.8 Å². The largest absolute Gasteiger partial charge is 0.369 e. The zero-order chi connectivity index (χ0) is 84.1. The van der Waals surface area contributed by atoms with E-state index >= 15 is 0 Å². The number of nitrogens with two attached hydrogens (primary N) is 4. The van der Waals surface area contributed by atoms with E-state index in [1.54, 1.807) is 19.1 Å². The van der Waals surface area contributed by atoms with Crippen molar-refractivity contribution in [2.45, 2.75) is 131 Å². The van der Waals surface area contributed by atoms with Crippen LogP contribution in [0.2, 0.25) is 0 Å². The predicted octanol–water partition coefficient (Wildman–Crippen LogP) is 15.8. The molecular formula is C81H78F16N12O4. The van der Waals surface area contributed by atoms with Gasteiger partial charge in [-0.1, -0.05) is 128 Å². The van der Waals surface area contributed by atoms with Gasteiger partial charge in [-0.15, -0.1) is 0 Å². The fourth-order valence-electron chi connectivity index (χ4n) is 14.1. The molecule has 0 spiro atoms. The van der Waals surface area contributed by atoms with E-state index in [1.807, 2.05) is 0 Å². The van der Waals surface area contributed by atoms with Gasteiger partial charge in [-0.2, -0.15) is 0 Å². The van der Waals surface area contributed by atoms with Gasteiger partial charge in [-0.05, 0) is 79.8 Å². The number of rotatable bonds is 13. The van der Waals surface area contributed by atoms with Gasteiger partial charge in [-0.25, -0.2) is 90.2 Å². The molecule has 32 heteroatoms. The summed E-state index contributed by atoms with van der Waals surface area (Å²) in [5.41, 5.74) is 18.0. The normalized spacial score (nSPS) is 22.9. The monoisotopic (exact) mass is 1590 g/mol. The number of carbonyl (C=O) groups excluding carboxylic acids is 4. The Morgan fingerprint density at radius 3 is 0.867 bits per heavy atom. The van der Waals surface area contributed by atoms with Gasteiger partial charge in [0.2, 0.25) is 23.6 Å². The Kier molecular flexibility index (Phi) is 23.8. The third-order valence-electron chi connectivity index (χ3n) is 20.6. The Morgan fingerprint density at radius 1 is 0.336 bits per heavy atom. The van der Waals surface area contributed by atoms with Crippen molar-refractivity contribution in [3.63, 3.8) is 0 Å². The lowest BCUT2D eigenvalue weighted by atomic mass is 9.74. The molecule has 0 bridgehead atoms. The van der Waals surface area contributed by atoms with Gasteiger partial charge in [0.1, 0.15) is 68.7 Å². The molecule has 8 N–H and O–H groups in total. The minimum atomic E-state index is -3.10. The number of guanidine groups is 4. The molecule has 598 valence electrons. The van der Waals surface area contributed by atoms with Gasteiger partial charge in [0, 0.05) is 113 Å². The molecule has 0 saturated carbocycles. The van der Waals surface area contributed by atoms with Crippen LogP contribution in [0.3, 0.4) is 0 Å². The number of hydrogen-bond donors (Lipinski definition) is 4. The second-order valence-electron chi connectivity index (χ2n) is 28.5. The number of halogens is 16. The lowest BCUT2D eigenvalue weighted by Crippen LogP contribution is -2.53. The van der Waals surface area contributed by atoms with Crippen LogP contribution in [0, 0.1) is 46.5 Å². The molecule has 4 heterocycles. The molecule has 0 aromatic heterocycles. The molecule has 4 aliphatic heterocycles. The first-order chi connectivity index (χ1) is 52.3. The molecule has 0 radical (unpaired) electrons. The molecule has 16 nitrogen and oxygen atoms in total. The summed E-state index contributed by atoms with van der Waals surface area (Å²) in [6.45, 7) is 9.72. The van der Waals surface area contributed by atoms with E-state index in [1.165, 1.54) is 170 Å². The highest BCUT2D eigenvalue weighted by Gasteiger charge is 2.53. The van der Waals surface area contributed by atoms with Crippen LogP contribution in [0.5, 0.6) is 0 Å². The molecule has 8 atom stereocenters. The molecule has 8 aromatic rings. The summed E-state index contributed by atoms with van der Waals surface area (Å²) in [5, 5.41) is 0. The second kappa shape index (κ2) is 31.5. The second-order valence-corrected chi connectivity index (χ2v) is 28.5. The highest BCUT2D eigenvalue weighted by atomic mass is 19.3. The third-order valence-corrected chi connectivity index (χ3v) is 20.6. The average molecular weight is 1590 g/mol. The maximum Gasteiger partial charge on any atom is 0.273 e. The number of likely N-dealkylation sites (N-methyl/N-ethyl adjacent to an activating group) is 4. The first kappa shape index (κ1) is 85.4. The molecule has 0 aliphatic carbocycles. The van der Waals surface area contributed by atoms with Gasteiger partial charge in [0.05, 0.1) is 29.2 Å². The SMILES string of the molecule is CCC(F)(F)c1ccc([C@H]2C(=O)N(C)C(N)=N[C@]2(C)c2ccc(F)cc2F)cc1.CN1C(=O)[C@H](c2ccc(C(C)(F)F)cc2)[C@@](C)(c2c(F)cc(F)cc2F)N=C1N.CN1C(=O)[C@H](c2ccc(C(C)(F)F)cc2)[C@@](C)(c2ccc(F)cc2)N=C1N.CN1C(=O)[C@H](c2ccc(C(C)(F)F)cc2)[C@@](C)(c2ccc(F)cc2F)N=C1N. The summed E-state index contributed by atoms with van der Waals surface area (Å²) in [4.78, 5) is 73.9. The van der Waals surface area contributed by atoms with Crippen molar-refractivity contribution in [2.24, 2.45) is 42.9 Å². The topological polar surface area (TPSA) is 235 Å². The molecule has 0 saturated heterocycles. The number of carbonyl (C=O) groups is 4. The first-order valence-electron chi connectivity index (χ1n) is 34.6. The van der Waals surface area contributed by atoms with E-state index in [2.05, 4.69) is 20.0 Å². The standard InChI is InChI=1S/C21H21F4N3O.C20H18F5N3O.C20H19F4N3O.C20H20F3N3O/c1-4-21(24,25)13-7-5-12(6-8-13)17-18(29)28(3)19(26)27-20(17,2)15-10-9-14(22)11-16(15)23;1-19(16-13(22)8-12(21)9-14(16)23)15(17(29)28(3)18(26)27-19)10-4-6-11(7-5-10)20(2,24)25;1-19(14-9-8-13(21)10-15(14)22)16(17(28)27(3)18(25)26-19)11-4-6-12(7-5-11)20(2,23)24;1-19(13-8-10-15(21)11-9-13)16(17(27)26(3)18(24)25-19)12-4-6-14(7-5-12)20(2,22)23/h5-11,17H,4H2,1-3H3,(H2,26,27);4-9,15H,1-3H3,(H2,26,27);4-10,16H,1-3H3,(H2,25,26);4-11,16H,1-3H3,(H2,24,25)/t17-,20+;15-,19-;2*16-,19+/m0000/s1. The Balaban J connectivity index is 0.000000173. The quantitative estimate of drug-likeness (QED) is 0.0809. The molecule has 12 rings (SSSR count). The lowest BCUT2D eigenvalue weighted by molar-refractivity contribution is -0.131. The lowest BCUT2D eigenvalue weighted by Gasteiger charge is -2.41. The molecule has 113 heavy (non-hydrogen) atoms. The highest BCUT2D eigenvalue weighted by molar-refractivity contribution is 6.05. The van der Waals surface area contributed by atoms with Crippen LogP contribution in [0.15, 0.2) is 190 Å². The number of aliphatic imine (C=N–C) groups is 4.